The molecule has 3 heterocycles. The Labute approximate surface area is 123 Å². The van der Waals surface area contributed by atoms with Gasteiger partial charge in [-0.05, 0) is 19.8 Å². The molecule has 1 aromatic rings. The lowest BCUT2D eigenvalue weighted by Gasteiger charge is -2.23. The van der Waals surface area contributed by atoms with Crippen LogP contribution >= 0.6 is 11.3 Å². The number of thiazole rings is 1. The number of amides is 1. The monoisotopic (exact) mass is 295 g/mol. The van der Waals surface area contributed by atoms with Crippen molar-refractivity contribution < 1.29 is 9.53 Å². The number of carbonyl (C=O) groups excluding carboxylic acids is 1. The second-order valence-electron chi connectivity index (χ2n) is 5.50. The minimum atomic E-state index is 0.0867. The number of anilines is 1. The van der Waals surface area contributed by atoms with Crippen LogP contribution in [0.15, 0.2) is 5.38 Å². The number of ether oxygens (including phenoxy) is 1. The number of aryl methyl sites for hydroxylation is 1. The quantitative estimate of drug-likeness (QED) is 0.830. The Balaban J connectivity index is 1.60. The predicted octanol–water partition coefficient (Wildman–Crippen LogP) is 1.53. The van der Waals surface area contributed by atoms with Gasteiger partial charge in [0.1, 0.15) is 0 Å². The van der Waals surface area contributed by atoms with Crippen molar-refractivity contribution in [3.63, 3.8) is 0 Å². The van der Waals surface area contributed by atoms with Crippen LogP contribution in [-0.4, -0.2) is 55.2 Å². The highest BCUT2D eigenvalue weighted by molar-refractivity contribution is 7.13. The van der Waals surface area contributed by atoms with Crippen LogP contribution in [0.1, 0.15) is 18.5 Å². The summed E-state index contributed by atoms with van der Waals surface area (Å²) in [5.41, 5.74) is 1.07. The minimum Gasteiger partial charge on any atom is -0.381 e. The largest absolute Gasteiger partial charge is 0.381 e. The Bertz CT molecular complexity index is 471. The van der Waals surface area contributed by atoms with Crippen molar-refractivity contribution in [1.29, 1.82) is 0 Å². The average molecular weight is 295 g/mol. The topological polar surface area (TPSA) is 45.7 Å². The van der Waals surface area contributed by atoms with Crippen molar-refractivity contribution in [2.45, 2.75) is 19.8 Å². The molecule has 1 atom stereocenters. The molecular weight excluding hydrogens is 274 g/mol. The third kappa shape index (κ3) is 2.96. The lowest BCUT2D eigenvalue weighted by molar-refractivity contribution is -0.135. The molecule has 6 heteroatoms. The number of nitrogens with zero attached hydrogens (tertiary/aromatic N) is 3. The fraction of sp³-hybridized carbons (Fsp3) is 0.714. The highest BCUT2D eigenvalue weighted by Gasteiger charge is 2.29. The fourth-order valence-corrected chi connectivity index (χ4v) is 3.66. The van der Waals surface area contributed by atoms with Gasteiger partial charge >= 0.3 is 0 Å². The number of hydrogen-bond donors (Lipinski definition) is 0. The van der Waals surface area contributed by atoms with Gasteiger partial charge in [-0.2, -0.15) is 0 Å². The van der Waals surface area contributed by atoms with Crippen LogP contribution in [0, 0.1) is 12.8 Å². The van der Waals surface area contributed by atoms with Crippen LogP contribution < -0.4 is 4.90 Å². The third-order valence-corrected chi connectivity index (χ3v) is 4.98. The highest BCUT2D eigenvalue weighted by Crippen LogP contribution is 2.22. The van der Waals surface area contributed by atoms with Crippen LogP contribution in [0.4, 0.5) is 5.13 Å². The molecule has 1 aromatic heterocycles. The van der Waals surface area contributed by atoms with E-state index in [1.807, 2.05) is 11.8 Å². The molecule has 110 valence electrons. The van der Waals surface area contributed by atoms with Gasteiger partial charge in [0.05, 0.1) is 18.2 Å². The van der Waals surface area contributed by atoms with Crippen LogP contribution in [-0.2, 0) is 9.53 Å². The molecule has 2 fully saturated rings. The molecule has 0 aromatic carbocycles. The molecule has 0 bridgehead atoms. The van der Waals surface area contributed by atoms with Crippen molar-refractivity contribution in [2.75, 3.05) is 44.3 Å². The van der Waals surface area contributed by atoms with E-state index in [0.717, 1.165) is 56.5 Å². The van der Waals surface area contributed by atoms with E-state index in [1.165, 1.54) is 0 Å². The first kappa shape index (κ1) is 13.8. The predicted molar refractivity (Wildman–Crippen MR) is 79.2 cm³/mol. The smallest absolute Gasteiger partial charge is 0.228 e. The van der Waals surface area contributed by atoms with Gasteiger partial charge in [-0.3, -0.25) is 4.79 Å². The van der Waals surface area contributed by atoms with E-state index in [2.05, 4.69) is 15.3 Å². The van der Waals surface area contributed by atoms with Gasteiger partial charge < -0.3 is 14.5 Å². The molecule has 1 unspecified atom stereocenters. The summed E-state index contributed by atoms with van der Waals surface area (Å²) in [5, 5.41) is 3.17. The van der Waals surface area contributed by atoms with Crippen molar-refractivity contribution in [2.24, 2.45) is 5.92 Å². The first-order valence-corrected chi connectivity index (χ1v) is 8.15. The second kappa shape index (κ2) is 6.10. The standard InChI is InChI=1S/C14H21N3O2S/c1-11-10-20-14(15-11)17-5-2-4-16(6-7-17)13(18)12-3-8-19-9-12/h10,12H,2-9H2,1H3. The van der Waals surface area contributed by atoms with Crippen LogP contribution in [0.3, 0.4) is 0 Å². The highest BCUT2D eigenvalue weighted by atomic mass is 32.1. The zero-order valence-electron chi connectivity index (χ0n) is 11.9. The Hall–Kier alpha value is -1.14. The van der Waals surface area contributed by atoms with Crippen LogP contribution in [0.25, 0.3) is 0 Å². The number of aromatic nitrogens is 1. The van der Waals surface area contributed by atoms with E-state index >= 15 is 0 Å². The number of hydrogen-bond acceptors (Lipinski definition) is 5. The molecule has 1 amide bonds. The average Bonchev–Trinajstić information content (AvgIpc) is 3.05. The SMILES string of the molecule is Cc1csc(N2CCCN(C(=O)C3CCOC3)CC2)n1. The Morgan fingerprint density at radius 2 is 2.30 bits per heavy atom. The van der Waals surface area contributed by atoms with Crippen molar-refractivity contribution >= 4 is 22.4 Å². The summed E-state index contributed by atoms with van der Waals surface area (Å²) in [6.45, 7) is 6.88. The maximum absolute atomic E-state index is 12.4. The van der Waals surface area contributed by atoms with Gasteiger partial charge in [-0.1, -0.05) is 0 Å². The molecule has 5 nitrogen and oxygen atoms in total. The first-order valence-electron chi connectivity index (χ1n) is 7.27. The number of rotatable bonds is 2. The van der Waals surface area contributed by atoms with E-state index in [9.17, 15) is 4.79 Å². The molecule has 0 aliphatic carbocycles. The van der Waals surface area contributed by atoms with E-state index in [-0.39, 0.29) is 11.8 Å². The Morgan fingerprint density at radius 3 is 3.00 bits per heavy atom. The third-order valence-electron chi connectivity index (χ3n) is 3.96. The first-order chi connectivity index (χ1) is 9.74. The zero-order chi connectivity index (χ0) is 13.9. The van der Waals surface area contributed by atoms with Gasteiger partial charge in [-0.25, -0.2) is 4.98 Å². The van der Waals surface area contributed by atoms with Crippen LogP contribution in [0.2, 0.25) is 0 Å². The zero-order valence-corrected chi connectivity index (χ0v) is 12.7. The summed E-state index contributed by atoms with van der Waals surface area (Å²) < 4.78 is 5.33. The van der Waals surface area contributed by atoms with E-state index in [4.69, 9.17) is 4.74 Å². The van der Waals surface area contributed by atoms with Gasteiger partial charge in [0.2, 0.25) is 5.91 Å². The van der Waals surface area contributed by atoms with E-state index in [1.54, 1.807) is 11.3 Å². The lowest BCUT2D eigenvalue weighted by Crippen LogP contribution is -2.39. The molecule has 2 aliphatic heterocycles. The summed E-state index contributed by atoms with van der Waals surface area (Å²) >= 11 is 1.69. The van der Waals surface area contributed by atoms with E-state index in [0.29, 0.717) is 6.61 Å². The maximum Gasteiger partial charge on any atom is 0.228 e. The molecule has 3 rings (SSSR count). The molecule has 0 N–H and O–H groups in total. The summed E-state index contributed by atoms with van der Waals surface area (Å²) in [6, 6.07) is 0. The molecule has 0 radical (unpaired) electrons. The molecule has 0 saturated carbocycles. The Morgan fingerprint density at radius 1 is 1.40 bits per heavy atom. The maximum atomic E-state index is 12.4. The lowest BCUT2D eigenvalue weighted by atomic mass is 10.1. The molecule has 2 aliphatic rings. The molecule has 20 heavy (non-hydrogen) atoms. The molecular formula is C14H21N3O2S. The van der Waals surface area contributed by atoms with Gasteiger partial charge in [-0.15, -0.1) is 11.3 Å². The molecule has 0 spiro atoms. The van der Waals surface area contributed by atoms with E-state index < -0.39 is 0 Å². The van der Waals surface area contributed by atoms with Crippen molar-refractivity contribution in [3.8, 4) is 0 Å². The summed E-state index contributed by atoms with van der Waals surface area (Å²) in [4.78, 5) is 21.3. The summed E-state index contributed by atoms with van der Waals surface area (Å²) in [7, 11) is 0. The fourth-order valence-electron chi connectivity index (χ4n) is 2.80. The second-order valence-corrected chi connectivity index (χ2v) is 6.33. The van der Waals surface area contributed by atoms with Gasteiger partial charge in [0.25, 0.3) is 0 Å². The van der Waals surface area contributed by atoms with Crippen molar-refractivity contribution in [3.05, 3.63) is 11.1 Å². The normalized spacial score (nSPS) is 23.9. The van der Waals surface area contributed by atoms with Crippen LogP contribution in [0.5, 0.6) is 0 Å². The minimum absolute atomic E-state index is 0.0867. The van der Waals surface area contributed by atoms with Crippen molar-refractivity contribution in [1.82, 2.24) is 9.88 Å². The summed E-state index contributed by atoms with van der Waals surface area (Å²) in [5.74, 6) is 0.364. The number of carbonyl (C=O) groups is 1. The summed E-state index contributed by atoms with van der Waals surface area (Å²) in [6.07, 6.45) is 1.89. The van der Waals surface area contributed by atoms with Gasteiger partial charge in [0, 0.05) is 38.2 Å². The molecule has 2 saturated heterocycles. The Kier molecular flexibility index (Phi) is 4.21. The van der Waals surface area contributed by atoms with Gasteiger partial charge in [0.15, 0.2) is 5.13 Å².